The van der Waals surface area contributed by atoms with E-state index in [1.807, 2.05) is 48.5 Å². The van der Waals surface area contributed by atoms with E-state index in [0.29, 0.717) is 20.8 Å². The lowest BCUT2D eigenvalue weighted by Crippen LogP contribution is -1.97. The maximum absolute atomic E-state index is 6.27. The normalized spacial score (nSPS) is 10.6. The molecule has 3 nitrogen and oxygen atoms in total. The highest BCUT2D eigenvalue weighted by Gasteiger charge is 2.09. The summed E-state index contributed by atoms with van der Waals surface area (Å²) in [6.45, 7) is 0.250. The van der Waals surface area contributed by atoms with Crippen LogP contribution in [0.25, 0.3) is 11.1 Å². The molecule has 2 aromatic carbocycles. The Balaban J connectivity index is 1.77. The monoisotopic (exact) mass is 336 g/mol. The van der Waals surface area contributed by atoms with Crippen LogP contribution in [0, 0.1) is 0 Å². The molecule has 3 aromatic rings. The minimum Gasteiger partial charge on any atom is -0.486 e. The molecule has 1 heterocycles. The predicted molar refractivity (Wildman–Crippen MR) is 86.1 cm³/mol. The van der Waals surface area contributed by atoms with E-state index in [1.54, 1.807) is 0 Å². The van der Waals surface area contributed by atoms with Crippen molar-refractivity contribution in [1.82, 2.24) is 9.59 Å². The Bertz CT molecular complexity index is 746. The van der Waals surface area contributed by atoms with Crippen LogP contribution in [0.3, 0.4) is 0 Å². The lowest BCUT2D eigenvalue weighted by molar-refractivity contribution is 0.301. The van der Waals surface area contributed by atoms with Crippen LogP contribution in [0.5, 0.6) is 5.75 Å². The van der Waals surface area contributed by atoms with Gasteiger partial charge in [0.1, 0.15) is 22.4 Å². The standard InChI is InChI=1S/C15H10Cl2N2OS/c16-12-8-11(10-4-2-1-3-5-10)6-7-14(12)20-9-13-15(17)21-19-18-13/h1-8H,9H2. The van der Waals surface area contributed by atoms with Gasteiger partial charge < -0.3 is 4.74 Å². The van der Waals surface area contributed by atoms with E-state index in [2.05, 4.69) is 9.59 Å². The summed E-state index contributed by atoms with van der Waals surface area (Å²) in [5, 5.41) is 4.45. The highest BCUT2D eigenvalue weighted by molar-refractivity contribution is 7.10. The molecule has 3 rings (SSSR count). The maximum atomic E-state index is 6.27. The SMILES string of the molecule is Clc1cc(-c2ccccc2)ccc1OCc1nnsc1Cl. The molecule has 0 unspecified atom stereocenters. The van der Waals surface area contributed by atoms with E-state index in [-0.39, 0.29) is 6.61 Å². The minimum absolute atomic E-state index is 0.250. The van der Waals surface area contributed by atoms with Crippen molar-refractivity contribution in [1.29, 1.82) is 0 Å². The zero-order chi connectivity index (χ0) is 14.7. The highest BCUT2D eigenvalue weighted by atomic mass is 35.5. The van der Waals surface area contributed by atoms with Crippen molar-refractivity contribution in [2.24, 2.45) is 0 Å². The van der Waals surface area contributed by atoms with Gasteiger partial charge in [0.2, 0.25) is 0 Å². The largest absolute Gasteiger partial charge is 0.486 e. The lowest BCUT2D eigenvalue weighted by atomic mass is 10.1. The summed E-state index contributed by atoms with van der Waals surface area (Å²) in [6, 6.07) is 15.7. The van der Waals surface area contributed by atoms with Crippen LogP contribution >= 0.6 is 34.7 Å². The maximum Gasteiger partial charge on any atom is 0.141 e. The molecular weight excluding hydrogens is 327 g/mol. The molecule has 106 valence electrons. The van der Waals surface area contributed by atoms with E-state index < -0.39 is 0 Å². The number of aromatic nitrogens is 2. The molecule has 0 aliphatic heterocycles. The number of nitrogens with zero attached hydrogens (tertiary/aromatic N) is 2. The number of benzene rings is 2. The molecule has 0 saturated carbocycles. The van der Waals surface area contributed by atoms with Crippen molar-refractivity contribution in [2.45, 2.75) is 6.61 Å². The van der Waals surface area contributed by atoms with Gasteiger partial charge in [-0.1, -0.05) is 64.1 Å². The van der Waals surface area contributed by atoms with Crippen molar-refractivity contribution >= 4 is 34.7 Å². The van der Waals surface area contributed by atoms with E-state index in [0.717, 1.165) is 22.7 Å². The Labute approximate surface area is 136 Å². The van der Waals surface area contributed by atoms with Crippen LogP contribution in [0.2, 0.25) is 9.36 Å². The molecule has 0 atom stereocenters. The summed E-state index contributed by atoms with van der Waals surface area (Å²) >= 11 is 13.3. The molecule has 21 heavy (non-hydrogen) atoms. The van der Waals surface area contributed by atoms with E-state index in [1.165, 1.54) is 0 Å². The molecule has 0 amide bonds. The van der Waals surface area contributed by atoms with Gasteiger partial charge in [-0.15, -0.1) is 5.10 Å². The van der Waals surface area contributed by atoms with E-state index >= 15 is 0 Å². The number of hydrogen-bond donors (Lipinski definition) is 0. The van der Waals surface area contributed by atoms with E-state index in [9.17, 15) is 0 Å². The van der Waals surface area contributed by atoms with Crippen LogP contribution in [-0.4, -0.2) is 9.59 Å². The zero-order valence-electron chi connectivity index (χ0n) is 10.8. The van der Waals surface area contributed by atoms with Gasteiger partial charge in [0, 0.05) is 11.5 Å². The van der Waals surface area contributed by atoms with Gasteiger partial charge in [0.15, 0.2) is 0 Å². The molecule has 0 aliphatic rings. The first-order valence-electron chi connectivity index (χ1n) is 6.18. The summed E-state index contributed by atoms with van der Waals surface area (Å²) in [6.07, 6.45) is 0. The molecule has 0 saturated heterocycles. The van der Waals surface area contributed by atoms with Gasteiger partial charge in [0.05, 0.1) is 5.02 Å². The molecule has 0 radical (unpaired) electrons. The van der Waals surface area contributed by atoms with Crippen molar-refractivity contribution in [3.63, 3.8) is 0 Å². The summed E-state index contributed by atoms with van der Waals surface area (Å²) in [5.74, 6) is 0.598. The molecule has 0 fully saturated rings. The minimum atomic E-state index is 0.250. The number of hydrogen-bond acceptors (Lipinski definition) is 4. The van der Waals surface area contributed by atoms with Crippen molar-refractivity contribution < 1.29 is 4.74 Å². The fourth-order valence-electron chi connectivity index (χ4n) is 1.86. The number of ether oxygens (including phenoxy) is 1. The van der Waals surface area contributed by atoms with Gasteiger partial charge in [0.25, 0.3) is 0 Å². The summed E-state index contributed by atoms with van der Waals surface area (Å²) in [4.78, 5) is 0. The molecular formula is C15H10Cl2N2OS. The third-order valence-electron chi connectivity index (χ3n) is 2.91. The van der Waals surface area contributed by atoms with E-state index in [4.69, 9.17) is 27.9 Å². The Morgan fingerprint density at radius 1 is 1.00 bits per heavy atom. The summed E-state index contributed by atoms with van der Waals surface area (Å²) < 4.78 is 9.93. The van der Waals surface area contributed by atoms with Crippen LogP contribution in [0.4, 0.5) is 0 Å². The second-order valence-electron chi connectivity index (χ2n) is 4.29. The fraction of sp³-hybridized carbons (Fsp3) is 0.0667. The Morgan fingerprint density at radius 3 is 2.48 bits per heavy atom. The quantitative estimate of drug-likeness (QED) is 0.665. The zero-order valence-corrected chi connectivity index (χ0v) is 13.1. The van der Waals surface area contributed by atoms with Crippen molar-refractivity contribution in [3.8, 4) is 16.9 Å². The molecule has 0 bridgehead atoms. The van der Waals surface area contributed by atoms with Crippen molar-refractivity contribution in [2.75, 3.05) is 0 Å². The Morgan fingerprint density at radius 2 is 1.81 bits per heavy atom. The van der Waals surface area contributed by atoms with Gasteiger partial charge in [-0.2, -0.15) is 0 Å². The van der Waals surface area contributed by atoms with Crippen LogP contribution in [-0.2, 0) is 6.61 Å². The first-order valence-corrected chi connectivity index (χ1v) is 7.71. The summed E-state index contributed by atoms with van der Waals surface area (Å²) in [5.41, 5.74) is 2.77. The molecule has 0 N–H and O–H groups in total. The highest BCUT2D eigenvalue weighted by Crippen LogP contribution is 2.31. The predicted octanol–water partition coefficient (Wildman–Crippen LogP) is 5.09. The first-order chi connectivity index (χ1) is 10.2. The number of rotatable bonds is 4. The van der Waals surface area contributed by atoms with Crippen LogP contribution < -0.4 is 4.74 Å². The van der Waals surface area contributed by atoms with Crippen molar-refractivity contribution in [3.05, 3.63) is 63.6 Å². The van der Waals surface area contributed by atoms with Crippen LogP contribution in [0.15, 0.2) is 48.5 Å². The van der Waals surface area contributed by atoms with Gasteiger partial charge in [-0.3, -0.25) is 0 Å². The fourth-order valence-corrected chi connectivity index (χ4v) is 2.69. The Hall–Kier alpha value is -1.62. The molecule has 6 heteroatoms. The van der Waals surface area contributed by atoms with Crippen LogP contribution in [0.1, 0.15) is 5.69 Å². The Kier molecular flexibility index (Phi) is 4.39. The third-order valence-corrected chi connectivity index (χ3v) is 4.19. The average molecular weight is 337 g/mol. The lowest BCUT2D eigenvalue weighted by Gasteiger charge is -2.08. The molecule has 0 spiro atoms. The third kappa shape index (κ3) is 3.35. The number of halogens is 2. The average Bonchev–Trinajstić information content (AvgIpc) is 2.92. The first kappa shape index (κ1) is 14.3. The molecule has 1 aromatic heterocycles. The van der Waals surface area contributed by atoms with Gasteiger partial charge in [-0.25, -0.2) is 0 Å². The second kappa shape index (κ2) is 6.43. The van der Waals surface area contributed by atoms with Gasteiger partial charge >= 0.3 is 0 Å². The van der Waals surface area contributed by atoms with Gasteiger partial charge in [-0.05, 0) is 23.3 Å². The topological polar surface area (TPSA) is 35.0 Å². The smallest absolute Gasteiger partial charge is 0.141 e. The molecule has 0 aliphatic carbocycles. The second-order valence-corrected chi connectivity index (χ2v) is 6.06. The summed E-state index contributed by atoms with van der Waals surface area (Å²) in [7, 11) is 0.